The lowest BCUT2D eigenvalue weighted by atomic mass is 10.1. The number of rotatable bonds is 4. The van der Waals surface area contributed by atoms with Crippen LogP contribution in [0.3, 0.4) is 0 Å². The van der Waals surface area contributed by atoms with E-state index in [1.165, 1.54) is 0 Å². The maximum absolute atomic E-state index is 7.44. The average molecular weight is 191 g/mol. The van der Waals surface area contributed by atoms with Crippen LogP contribution in [-0.2, 0) is 0 Å². The summed E-state index contributed by atoms with van der Waals surface area (Å²) in [5.41, 5.74) is 1.53. The van der Waals surface area contributed by atoms with Gasteiger partial charge in [-0.1, -0.05) is 13.8 Å². The zero-order valence-electron chi connectivity index (χ0n) is 9.00. The zero-order valence-corrected chi connectivity index (χ0v) is 9.00. The Bertz CT molecular complexity index is 301. The Kier molecular flexibility index (Phi) is 3.69. The van der Waals surface area contributed by atoms with E-state index in [0.29, 0.717) is 11.6 Å². The van der Waals surface area contributed by atoms with E-state index in [0.717, 1.165) is 17.9 Å². The summed E-state index contributed by atoms with van der Waals surface area (Å²) in [4.78, 5) is 0. The van der Waals surface area contributed by atoms with Crippen LogP contribution in [0, 0.1) is 11.3 Å². The van der Waals surface area contributed by atoms with Gasteiger partial charge in [-0.25, -0.2) is 0 Å². The van der Waals surface area contributed by atoms with E-state index in [1.807, 2.05) is 24.3 Å². The van der Waals surface area contributed by atoms with Crippen molar-refractivity contribution in [2.45, 2.75) is 20.8 Å². The van der Waals surface area contributed by atoms with Crippen LogP contribution in [0.25, 0.3) is 0 Å². The molecule has 76 valence electrons. The molecule has 0 aliphatic heterocycles. The third-order valence-corrected chi connectivity index (χ3v) is 1.87. The molecule has 0 atom stereocenters. The van der Waals surface area contributed by atoms with E-state index in [-0.39, 0.29) is 0 Å². The molecule has 0 heterocycles. The molecule has 2 nitrogen and oxygen atoms in total. The van der Waals surface area contributed by atoms with Gasteiger partial charge in [-0.2, -0.15) is 0 Å². The van der Waals surface area contributed by atoms with Crippen LogP contribution in [-0.4, -0.2) is 12.3 Å². The summed E-state index contributed by atoms with van der Waals surface area (Å²) in [5, 5.41) is 7.44. The predicted octanol–water partition coefficient (Wildman–Crippen LogP) is 3.11. The van der Waals surface area contributed by atoms with Crippen molar-refractivity contribution in [2.75, 3.05) is 6.61 Å². The normalized spacial score (nSPS) is 10.3. The molecule has 0 saturated heterocycles. The number of nitrogens with one attached hydrogen (secondary N) is 1. The first-order valence-electron chi connectivity index (χ1n) is 4.88. The fourth-order valence-electron chi connectivity index (χ4n) is 1.06. The Hall–Kier alpha value is -1.31. The van der Waals surface area contributed by atoms with E-state index >= 15 is 0 Å². The van der Waals surface area contributed by atoms with Crippen molar-refractivity contribution in [3.63, 3.8) is 0 Å². The van der Waals surface area contributed by atoms with E-state index in [2.05, 4.69) is 13.8 Å². The molecular weight excluding hydrogens is 174 g/mol. The van der Waals surface area contributed by atoms with Gasteiger partial charge in [0.2, 0.25) is 0 Å². The summed E-state index contributed by atoms with van der Waals surface area (Å²) in [5.74, 6) is 1.42. The van der Waals surface area contributed by atoms with Crippen LogP contribution in [0.2, 0.25) is 0 Å². The second-order valence-electron chi connectivity index (χ2n) is 3.85. The van der Waals surface area contributed by atoms with E-state index < -0.39 is 0 Å². The summed E-state index contributed by atoms with van der Waals surface area (Å²) in [6.45, 7) is 6.76. The summed E-state index contributed by atoms with van der Waals surface area (Å²) in [6.07, 6.45) is 0. The summed E-state index contributed by atoms with van der Waals surface area (Å²) >= 11 is 0. The molecule has 14 heavy (non-hydrogen) atoms. The van der Waals surface area contributed by atoms with Crippen molar-refractivity contribution in [3.8, 4) is 5.75 Å². The van der Waals surface area contributed by atoms with Gasteiger partial charge in [0, 0.05) is 5.71 Å². The van der Waals surface area contributed by atoms with Gasteiger partial charge < -0.3 is 10.1 Å². The lowest BCUT2D eigenvalue weighted by Crippen LogP contribution is -2.04. The van der Waals surface area contributed by atoms with Gasteiger partial charge in [0.15, 0.2) is 0 Å². The van der Waals surface area contributed by atoms with Crippen molar-refractivity contribution < 1.29 is 4.74 Å². The fraction of sp³-hybridized carbons (Fsp3) is 0.417. The number of hydrogen-bond acceptors (Lipinski definition) is 2. The molecule has 0 aromatic heterocycles. The first-order chi connectivity index (χ1) is 6.59. The summed E-state index contributed by atoms with van der Waals surface area (Å²) < 4.78 is 5.53. The molecular formula is C12H17NO. The molecule has 0 bridgehead atoms. The van der Waals surface area contributed by atoms with Crippen LogP contribution in [0.15, 0.2) is 24.3 Å². The van der Waals surface area contributed by atoms with Gasteiger partial charge in [0.05, 0.1) is 6.61 Å². The molecule has 1 rings (SSSR count). The van der Waals surface area contributed by atoms with Crippen LogP contribution < -0.4 is 4.74 Å². The largest absolute Gasteiger partial charge is 0.493 e. The van der Waals surface area contributed by atoms with Crippen LogP contribution in [0.5, 0.6) is 5.75 Å². The minimum Gasteiger partial charge on any atom is -0.493 e. The fourth-order valence-corrected chi connectivity index (χ4v) is 1.06. The highest BCUT2D eigenvalue weighted by atomic mass is 16.5. The first-order valence-corrected chi connectivity index (χ1v) is 4.88. The monoisotopic (exact) mass is 191 g/mol. The van der Waals surface area contributed by atoms with Crippen molar-refractivity contribution in [1.82, 2.24) is 0 Å². The third-order valence-electron chi connectivity index (χ3n) is 1.87. The Labute approximate surface area is 85.4 Å². The van der Waals surface area contributed by atoms with E-state index in [4.69, 9.17) is 10.1 Å². The van der Waals surface area contributed by atoms with Crippen molar-refractivity contribution in [3.05, 3.63) is 29.8 Å². The van der Waals surface area contributed by atoms with Crippen LogP contribution in [0.1, 0.15) is 26.3 Å². The molecule has 0 aliphatic rings. The molecule has 0 saturated carbocycles. The second kappa shape index (κ2) is 4.80. The summed E-state index contributed by atoms with van der Waals surface area (Å²) in [7, 11) is 0. The molecule has 1 N–H and O–H groups in total. The average Bonchev–Trinajstić information content (AvgIpc) is 2.15. The van der Waals surface area contributed by atoms with Crippen LogP contribution in [0.4, 0.5) is 0 Å². The molecule has 2 heteroatoms. The number of hydrogen-bond donors (Lipinski definition) is 1. The lowest BCUT2D eigenvalue weighted by molar-refractivity contribution is 0.271. The Morgan fingerprint density at radius 2 is 1.86 bits per heavy atom. The highest BCUT2D eigenvalue weighted by molar-refractivity contribution is 5.96. The van der Waals surface area contributed by atoms with Gasteiger partial charge in [0.1, 0.15) is 5.75 Å². The minimum atomic E-state index is 0.541. The smallest absolute Gasteiger partial charge is 0.119 e. The Morgan fingerprint density at radius 3 is 2.29 bits per heavy atom. The van der Waals surface area contributed by atoms with Gasteiger partial charge in [0.25, 0.3) is 0 Å². The number of benzene rings is 1. The molecule has 0 aliphatic carbocycles. The third kappa shape index (κ3) is 3.21. The van der Waals surface area contributed by atoms with Gasteiger partial charge >= 0.3 is 0 Å². The molecule has 0 unspecified atom stereocenters. The first kappa shape index (κ1) is 10.8. The number of ether oxygens (including phenoxy) is 1. The molecule has 0 radical (unpaired) electrons. The quantitative estimate of drug-likeness (QED) is 0.729. The Morgan fingerprint density at radius 1 is 1.29 bits per heavy atom. The Balaban J connectivity index is 2.60. The highest BCUT2D eigenvalue weighted by Gasteiger charge is 1.98. The molecule has 1 aromatic carbocycles. The maximum Gasteiger partial charge on any atom is 0.119 e. The van der Waals surface area contributed by atoms with E-state index in [1.54, 1.807) is 6.92 Å². The molecule has 0 spiro atoms. The SMILES string of the molecule is CC(=N)c1ccc(OCC(C)C)cc1. The van der Waals surface area contributed by atoms with Gasteiger partial charge in [-0.05, 0) is 42.7 Å². The van der Waals surface area contributed by atoms with Crippen molar-refractivity contribution >= 4 is 5.71 Å². The highest BCUT2D eigenvalue weighted by Crippen LogP contribution is 2.13. The maximum atomic E-state index is 7.44. The zero-order chi connectivity index (χ0) is 10.6. The standard InChI is InChI=1S/C12H17NO/c1-9(2)8-14-12-6-4-11(5-7-12)10(3)13/h4-7,9,13H,8H2,1-3H3. The van der Waals surface area contributed by atoms with E-state index in [9.17, 15) is 0 Å². The topological polar surface area (TPSA) is 33.1 Å². The minimum absolute atomic E-state index is 0.541. The van der Waals surface area contributed by atoms with Gasteiger partial charge in [-0.15, -0.1) is 0 Å². The van der Waals surface area contributed by atoms with Gasteiger partial charge in [-0.3, -0.25) is 0 Å². The van der Waals surface area contributed by atoms with Crippen LogP contribution >= 0.6 is 0 Å². The van der Waals surface area contributed by atoms with Crippen molar-refractivity contribution in [2.24, 2.45) is 5.92 Å². The molecule has 0 fully saturated rings. The molecule has 0 amide bonds. The molecule has 1 aromatic rings. The predicted molar refractivity (Wildman–Crippen MR) is 59.3 cm³/mol. The van der Waals surface area contributed by atoms with Crippen molar-refractivity contribution in [1.29, 1.82) is 5.41 Å². The summed E-state index contributed by atoms with van der Waals surface area (Å²) in [6, 6.07) is 7.65. The second-order valence-corrected chi connectivity index (χ2v) is 3.85. The lowest BCUT2D eigenvalue weighted by Gasteiger charge is -2.08.